The van der Waals surface area contributed by atoms with Crippen LogP contribution in [-0.2, 0) is 10.0 Å². The Kier molecular flexibility index (Phi) is 4.09. The molecular formula is C15H18N2O3S. The fraction of sp³-hybridized carbons (Fsp3) is 0.200. The van der Waals surface area contributed by atoms with Gasteiger partial charge in [-0.2, -0.15) is 0 Å². The molecule has 0 saturated heterocycles. The Morgan fingerprint density at radius 2 is 1.81 bits per heavy atom. The second kappa shape index (κ2) is 5.65. The molecule has 21 heavy (non-hydrogen) atoms. The van der Waals surface area contributed by atoms with Crippen molar-refractivity contribution in [2.45, 2.75) is 18.7 Å². The molecule has 0 aliphatic heterocycles. The van der Waals surface area contributed by atoms with Crippen molar-refractivity contribution in [1.29, 1.82) is 0 Å². The van der Waals surface area contributed by atoms with Crippen LogP contribution in [0.1, 0.15) is 11.1 Å². The molecule has 6 heteroatoms. The maximum atomic E-state index is 12.5. The molecule has 0 aliphatic carbocycles. The summed E-state index contributed by atoms with van der Waals surface area (Å²) in [6, 6.07) is 9.99. The van der Waals surface area contributed by atoms with Gasteiger partial charge < -0.3 is 10.5 Å². The third-order valence-electron chi connectivity index (χ3n) is 3.12. The van der Waals surface area contributed by atoms with E-state index in [2.05, 4.69) is 4.72 Å². The van der Waals surface area contributed by atoms with Gasteiger partial charge in [0.1, 0.15) is 5.75 Å². The predicted molar refractivity (Wildman–Crippen MR) is 84.1 cm³/mol. The second-order valence-electron chi connectivity index (χ2n) is 4.83. The van der Waals surface area contributed by atoms with Gasteiger partial charge >= 0.3 is 0 Å². The zero-order valence-corrected chi connectivity index (χ0v) is 13.0. The molecule has 2 aromatic rings. The molecule has 2 aromatic carbocycles. The van der Waals surface area contributed by atoms with Gasteiger partial charge in [0.25, 0.3) is 10.0 Å². The normalized spacial score (nSPS) is 11.2. The minimum atomic E-state index is -3.69. The van der Waals surface area contributed by atoms with Crippen molar-refractivity contribution in [1.82, 2.24) is 0 Å². The maximum absolute atomic E-state index is 12.5. The van der Waals surface area contributed by atoms with Gasteiger partial charge in [0, 0.05) is 6.07 Å². The zero-order valence-electron chi connectivity index (χ0n) is 12.2. The van der Waals surface area contributed by atoms with Gasteiger partial charge in [-0.15, -0.1) is 0 Å². The Morgan fingerprint density at radius 3 is 2.43 bits per heavy atom. The monoisotopic (exact) mass is 306 g/mol. The number of rotatable bonds is 4. The lowest BCUT2D eigenvalue weighted by Gasteiger charge is -2.13. The number of anilines is 2. The minimum Gasteiger partial charge on any atom is -0.497 e. The van der Waals surface area contributed by atoms with Crippen molar-refractivity contribution in [3.8, 4) is 5.75 Å². The summed E-state index contributed by atoms with van der Waals surface area (Å²) in [6.45, 7) is 3.67. The summed E-state index contributed by atoms with van der Waals surface area (Å²) >= 11 is 0. The second-order valence-corrected chi connectivity index (χ2v) is 6.48. The molecule has 0 spiro atoms. The van der Waals surface area contributed by atoms with Crippen LogP contribution in [-0.4, -0.2) is 15.5 Å². The van der Waals surface area contributed by atoms with Crippen LogP contribution < -0.4 is 15.2 Å². The fourth-order valence-electron chi connectivity index (χ4n) is 2.05. The molecule has 0 heterocycles. The zero-order chi connectivity index (χ0) is 15.6. The van der Waals surface area contributed by atoms with Gasteiger partial charge in [-0.1, -0.05) is 17.7 Å². The van der Waals surface area contributed by atoms with E-state index in [1.807, 2.05) is 13.0 Å². The molecule has 0 atom stereocenters. The maximum Gasteiger partial charge on any atom is 0.262 e. The molecule has 0 fully saturated rings. The average molecular weight is 306 g/mol. The number of sulfonamides is 1. The van der Waals surface area contributed by atoms with Gasteiger partial charge in [-0.05, 0) is 37.6 Å². The molecule has 0 aliphatic rings. The molecule has 0 unspecified atom stereocenters. The first kappa shape index (κ1) is 15.2. The third-order valence-corrected chi connectivity index (χ3v) is 4.65. The first-order valence-corrected chi connectivity index (χ1v) is 7.85. The molecule has 3 N–H and O–H groups in total. The smallest absolute Gasteiger partial charge is 0.262 e. The Hall–Kier alpha value is -2.21. The van der Waals surface area contributed by atoms with E-state index in [-0.39, 0.29) is 4.90 Å². The van der Waals surface area contributed by atoms with E-state index in [4.69, 9.17) is 10.5 Å². The van der Waals surface area contributed by atoms with Crippen LogP contribution in [0.3, 0.4) is 0 Å². The molecule has 112 valence electrons. The highest BCUT2D eigenvalue weighted by atomic mass is 32.2. The van der Waals surface area contributed by atoms with E-state index in [0.717, 1.165) is 5.56 Å². The number of methoxy groups -OCH3 is 1. The van der Waals surface area contributed by atoms with E-state index < -0.39 is 10.0 Å². The Balaban J connectivity index is 2.42. The molecule has 0 bridgehead atoms. The fourth-order valence-corrected chi connectivity index (χ4v) is 3.36. The first-order chi connectivity index (χ1) is 9.83. The number of hydrogen-bond acceptors (Lipinski definition) is 4. The molecule has 2 rings (SSSR count). The number of hydrogen-bond donors (Lipinski definition) is 2. The van der Waals surface area contributed by atoms with Crippen LogP contribution in [0.15, 0.2) is 41.3 Å². The summed E-state index contributed by atoms with van der Waals surface area (Å²) in [7, 11) is -2.19. The van der Waals surface area contributed by atoms with E-state index in [1.165, 1.54) is 7.11 Å². The van der Waals surface area contributed by atoms with Crippen LogP contribution in [0, 0.1) is 13.8 Å². The molecule has 0 amide bonds. The first-order valence-electron chi connectivity index (χ1n) is 6.37. The summed E-state index contributed by atoms with van der Waals surface area (Å²) in [5.74, 6) is 0.530. The van der Waals surface area contributed by atoms with E-state index in [9.17, 15) is 8.42 Å². The Labute approximate surface area is 124 Å². The average Bonchev–Trinajstić information content (AvgIpc) is 2.40. The summed E-state index contributed by atoms with van der Waals surface area (Å²) in [5, 5.41) is 0. The third kappa shape index (κ3) is 3.28. The molecule has 0 aromatic heterocycles. The number of ether oxygens (including phenoxy) is 1. The van der Waals surface area contributed by atoms with Crippen LogP contribution in [0.4, 0.5) is 11.4 Å². The van der Waals surface area contributed by atoms with E-state index in [1.54, 1.807) is 37.3 Å². The lowest BCUT2D eigenvalue weighted by Crippen LogP contribution is -2.15. The highest BCUT2D eigenvalue weighted by Crippen LogP contribution is 2.27. The number of aryl methyl sites for hydroxylation is 2. The molecular weight excluding hydrogens is 288 g/mol. The quantitative estimate of drug-likeness (QED) is 0.851. The van der Waals surface area contributed by atoms with Crippen molar-refractivity contribution < 1.29 is 13.2 Å². The largest absolute Gasteiger partial charge is 0.497 e. The minimum absolute atomic E-state index is 0.232. The van der Waals surface area contributed by atoms with Gasteiger partial charge in [-0.3, -0.25) is 4.72 Å². The van der Waals surface area contributed by atoms with E-state index >= 15 is 0 Å². The van der Waals surface area contributed by atoms with Crippen LogP contribution >= 0.6 is 0 Å². The van der Waals surface area contributed by atoms with Crippen LogP contribution in [0.2, 0.25) is 0 Å². The van der Waals surface area contributed by atoms with Crippen molar-refractivity contribution in [3.63, 3.8) is 0 Å². The molecule has 5 nitrogen and oxygen atoms in total. The molecule has 0 saturated carbocycles. The van der Waals surface area contributed by atoms with Crippen molar-refractivity contribution >= 4 is 21.4 Å². The number of nitrogens with one attached hydrogen (secondary N) is 1. The summed E-state index contributed by atoms with van der Waals surface area (Å²) < 4.78 is 32.5. The number of nitrogens with two attached hydrogens (primary N) is 1. The highest BCUT2D eigenvalue weighted by Gasteiger charge is 2.18. The molecule has 0 radical (unpaired) electrons. The Morgan fingerprint density at radius 1 is 1.10 bits per heavy atom. The number of benzene rings is 2. The lowest BCUT2D eigenvalue weighted by molar-refractivity contribution is 0.415. The van der Waals surface area contributed by atoms with Gasteiger partial charge in [0.05, 0.1) is 23.4 Å². The van der Waals surface area contributed by atoms with Crippen LogP contribution in [0.25, 0.3) is 0 Å². The summed E-state index contributed by atoms with van der Waals surface area (Å²) in [6.07, 6.45) is 0. The van der Waals surface area contributed by atoms with Gasteiger partial charge in [-0.25, -0.2) is 8.42 Å². The SMILES string of the molecule is COc1ccc(N)c(NS(=O)(=O)c2ccc(C)cc2C)c1. The van der Waals surface area contributed by atoms with Crippen molar-refractivity contribution in [2.24, 2.45) is 0 Å². The van der Waals surface area contributed by atoms with E-state index in [0.29, 0.717) is 22.7 Å². The van der Waals surface area contributed by atoms with Crippen molar-refractivity contribution in [2.75, 3.05) is 17.6 Å². The lowest BCUT2D eigenvalue weighted by atomic mass is 10.2. The van der Waals surface area contributed by atoms with Crippen molar-refractivity contribution in [3.05, 3.63) is 47.5 Å². The van der Waals surface area contributed by atoms with Gasteiger partial charge in [0.15, 0.2) is 0 Å². The summed E-state index contributed by atoms with van der Waals surface area (Å²) in [5.41, 5.74) is 8.14. The number of nitrogen functional groups attached to an aromatic ring is 1. The predicted octanol–water partition coefficient (Wildman–Crippen LogP) is 2.70. The summed E-state index contributed by atoms with van der Waals surface area (Å²) in [4.78, 5) is 0.232. The van der Waals surface area contributed by atoms with Crippen LogP contribution in [0.5, 0.6) is 5.75 Å². The Bertz CT molecular complexity index is 770. The topological polar surface area (TPSA) is 81.4 Å². The van der Waals surface area contributed by atoms with Gasteiger partial charge in [0.2, 0.25) is 0 Å². The standard InChI is InChI=1S/C15H18N2O3S/c1-10-4-7-15(11(2)8-10)21(18,19)17-14-9-12(20-3)5-6-13(14)16/h4-9,17H,16H2,1-3H3. The highest BCUT2D eigenvalue weighted by molar-refractivity contribution is 7.92.